The van der Waals surface area contributed by atoms with Crippen molar-refractivity contribution in [1.29, 1.82) is 0 Å². The van der Waals surface area contributed by atoms with Crippen molar-refractivity contribution < 1.29 is 0 Å². The Morgan fingerprint density at radius 1 is 0.588 bits per heavy atom. The zero-order valence-electron chi connectivity index (χ0n) is 9.30. The highest BCUT2D eigenvalue weighted by Crippen LogP contribution is 2.31. The monoisotopic (exact) mass is 236 g/mol. The van der Waals surface area contributed by atoms with E-state index in [9.17, 15) is 0 Å². The van der Waals surface area contributed by atoms with E-state index in [0.29, 0.717) is 0 Å². The molecule has 0 aromatic heterocycles. The van der Waals surface area contributed by atoms with Crippen LogP contribution in [0.3, 0.4) is 0 Å². The summed E-state index contributed by atoms with van der Waals surface area (Å²) in [5, 5.41) is 2.46. The van der Waals surface area contributed by atoms with Crippen molar-refractivity contribution in [3.8, 4) is 11.1 Å². The molecule has 0 aliphatic carbocycles. The maximum Gasteiger partial charge on any atom is 0.0119 e. The summed E-state index contributed by atoms with van der Waals surface area (Å²) in [5.41, 5.74) is 2.51. The number of thiol groups is 1. The van der Waals surface area contributed by atoms with E-state index in [0.717, 1.165) is 4.90 Å². The largest absolute Gasteiger partial charge is 0.143 e. The number of fused-ring (bicyclic) bond motifs is 1. The molecule has 3 rings (SSSR count). The van der Waals surface area contributed by atoms with Gasteiger partial charge in [0.2, 0.25) is 0 Å². The summed E-state index contributed by atoms with van der Waals surface area (Å²) < 4.78 is 0. The molecule has 0 spiro atoms. The first-order chi connectivity index (χ1) is 8.36. The minimum atomic E-state index is 1.03. The molecule has 3 aromatic rings. The number of rotatable bonds is 1. The molecule has 0 radical (unpaired) electrons. The van der Waals surface area contributed by atoms with Gasteiger partial charge in [0.25, 0.3) is 0 Å². The molecule has 0 saturated carbocycles. The third-order valence-corrected chi connectivity index (χ3v) is 3.38. The maximum atomic E-state index is 4.51. The quantitative estimate of drug-likeness (QED) is 0.577. The molecule has 0 atom stereocenters. The number of benzene rings is 3. The molecule has 17 heavy (non-hydrogen) atoms. The smallest absolute Gasteiger partial charge is 0.0119 e. The zero-order chi connectivity index (χ0) is 11.7. The van der Waals surface area contributed by atoms with Crippen LogP contribution in [0.15, 0.2) is 71.6 Å². The summed E-state index contributed by atoms with van der Waals surface area (Å²) in [5.74, 6) is 0. The second-order valence-electron chi connectivity index (χ2n) is 4.04. The second kappa shape index (κ2) is 4.27. The minimum absolute atomic E-state index is 1.03. The van der Waals surface area contributed by atoms with E-state index >= 15 is 0 Å². The van der Waals surface area contributed by atoms with Gasteiger partial charge < -0.3 is 0 Å². The SMILES string of the molecule is Sc1ccc(-c2ccccc2)c2ccccc12. The van der Waals surface area contributed by atoms with Crippen LogP contribution in [0.25, 0.3) is 21.9 Å². The Bertz CT molecular complexity index is 657. The van der Waals surface area contributed by atoms with E-state index in [1.54, 1.807) is 0 Å². The first-order valence-electron chi connectivity index (χ1n) is 5.62. The predicted molar refractivity (Wildman–Crippen MR) is 76.6 cm³/mol. The third-order valence-electron chi connectivity index (χ3n) is 2.99. The Kier molecular flexibility index (Phi) is 2.62. The van der Waals surface area contributed by atoms with E-state index < -0.39 is 0 Å². The molecule has 0 bridgehead atoms. The molecule has 0 nitrogen and oxygen atoms in total. The lowest BCUT2D eigenvalue weighted by Crippen LogP contribution is -1.82. The molecule has 0 aliphatic rings. The fraction of sp³-hybridized carbons (Fsp3) is 0. The van der Waals surface area contributed by atoms with Gasteiger partial charge >= 0.3 is 0 Å². The fourth-order valence-electron chi connectivity index (χ4n) is 2.15. The molecular formula is C16H12S. The first-order valence-corrected chi connectivity index (χ1v) is 6.07. The van der Waals surface area contributed by atoms with Gasteiger partial charge in [0.1, 0.15) is 0 Å². The van der Waals surface area contributed by atoms with Crippen LogP contribution in [0.2, 0.25) is 0 Å². The molecule has 3 aromatic carbocycles. The van der Waals surface area contributed by atoms with Crippen molar-refractivity contribution >= 4 is 23.4 Å². The standard InChI is InChI=1S/C16H12S/c17-16-11-10-13(12-6-2-1-3-7-12)14-8-4-5-9-15(14)16/h1-11,17H. The molecule has 0 aliphatic heterocycles. The van der Waals surface area contributed by atoms with E-state index in [1.165, 1.54) is 21.9 Å². The van der Waals surface area contributed by atoms with Gasteiger partial charge in [-0.25, -0.2) is 0 Å². The van der Waals surface area contributed by atoms with Crippen LogP contribution in [0.1, 0.15) is 0 Å². The predicted octanol–water partition coefficient (Wildman–Crippen LogP) is 4.80. The van der Waals surface area contributed by atoms with Crippen LogP contribution in [0.4, 0.5) is 0 Å². The van der Waals surface area contributed by atoms with Crippen molar-refractivity contribution in [3.63, 3.8) is 0 Å². The molecule has 82 valence electrons. The van der Waals surface area contributed by atoms with Crippen molar-refractivity contribution in [1.82, 2.24) is 0 Å². The summed E-state index contributed by atoms with van der Waals surface area (Å²) in [6.07, 6.45) is 0. The lowest BCUT2D eigenvalue weighted by atomic mass is 9.98. The summed E-state index contributed by atoms with van der Waals surface area (Å²) in [4.78, 5) is 1.03. The van der Waals surface area contributed by atoms with Crippen LogP contribution >= 0.6 is 12.6 Å². The minimum Gasteiger partial charge on any atom is -0.143 e. The highest BCUT2D eigenvalue weighted by Gasteiger charge is 2.04. The first kappa shape index (κ1) is 10.4. The fourth-order valence-corrected chi connectivity index (χ4v) is 2.42. The molecule has 0 amide bonds. The summed E-state index contributed by atoms with van der Waals surface area (Å²) in [7, 11) is 0. The van der Waals surface area contributed by atoms with E-state index in [4.69, 9.17) is 0 Å². The average Bonchev–Trinajstić information content (AvgIpc) is 2.41. The van der Waals surface area contributed by atoms with Crippen molar-refractivity contribution in [2.45, 2.75) is 4.90 Å². The number of hydrogen-bond acceptors (Lipinski definition) is 1. The Labute approximate surface area is 106 Å². The lowest BCUT2D eigenvalue weighted by Gasteiger charge is -2.08. The van der Waals surface area contributed by atoms with Gasteiger partial charge in [0.15, 0.2) is 0 Å². The normalized spacial score (nSPS) is 10.6. The molecule has 1 heteroatoms. The highest BCUT2D eigenvalue weighted by atomic mass is 32.1. The van der Waals surface area contributed by atoms with Gasteiger partial charge in [-0.15, -0.1) is 12.6 Å². The van der Waals surface area contributed by atoms with Crippen molar-refractivity contribution in [2.24, 2.45) is 0 Å². The van der Waals surface area contributed by atoms with Crippen molar-refractivity contribution in [2.75, 3.05) is 0 Å². The van der Waals surface area contributed by atoms with Gasteiger partial charge in [-0.3, -0.25) is 0 Å². The van der Waals surface area contributed by atoms with Crippen LogP contribution < -0.4 is 0 Å². The lowest BCUT2D eigenvalue weighted by molar-refractivity contribution is 1.54. The van der Waals surface area contributed by atoms with Crippen molar-refractivity contribution in [3.05, 3.63) is 66.7 Å². The molecule has 0 N–H and O–H groups in total. The zero-order valence-corrected chi connectivity index (χ0v) is 10.2. The van der Waals surface area contributed by atoms with Crippen LogP contribution in [0.5, 0.6) is 0 Å². The summed E-state index contributed by atoms with van der Waals surface area (Å²) in [6, 6.07) is 23.0. The Morgan fingerprint density at radius 3 is 2.00 bits per heavy atom. The second-order valence-corrected chi connectivity index (χ2v) is 4.53. The van der Waals surface area contributed by atoms with Gasteiger partial charge in [-0.05, 0) is 28.0 Å². The van der Waals surface area contributed by atoms with Crippen LogP contribution in [-0.2, 0) is 0 Å². The Balaban J connectivity index is 2.35. The van der Waals surface area contributed by atoms with Gasteiger partial charge in [0, 0.05) is 4.90 Å². The third kappa shape index (κ3) is 1.83. The van der Waals surface area contributed by atoms with Crippen LogP contribution in [-0.4, -0.2) is 0 Å². The Morgan fingerprint density at radius 2 is 1.24 bits per heavy atom. The Hall–Kier alpha value is -1.73. The van der Waals surface area contributed by atoms with E-state index in [-0.39, 0.29) is 0 Å². The molecule has 0 unspecified atom stereocenters. The topological polar surface area (TPSA) is 0 Å². The average molecular weight is 236 g/mol. The highest BCUT2D eigenvalue weighted by molar-refractivity contribution is 7.80. The molecule has 0 heterocycles. The molecule has 0 fully saturated rings. The van der Waals surface area contributed by atoms with E-state index in [2.05, 4.69) is 73.3 Å². The molecule has 0 saturated heterocycles. The van der Waals surface area contributed by atoms with Gasteiger partial charge in [0.05, 0.1) is 0 Å². The summed E-state index contributed by atoms with van der Waals surface area (Å²) >= 11 is 4.51. The summed E-state index contributed by atoms with van der Waals surface area (Å²) in [6.45, 7) is 0. The molecular weight excluding hydrogens is 224 g/mol. The van der Waals surface area contributed by atoms with E-state index in [1.807, 2.05) is 6.07 Å². The van der Waals surface area contributed by atoms with Gasteiger partial charge in [-0.1, -0.05) is 60.7 Å². The maximum absolute atomic E-state index is 4.51. The van der Waals surface area contributed by atoms with Gasteiger partial charge in [-0.2, -0.15) is 0 Å². The van der Waals surface area contributed by atoms with Crippen LogP contribution in [0, 0.1) is 0 Å². The number of hydrogen-bond donors (Lipinski definition) is 1.